The Bertz CT molecular complexity index is 219. The van der Waals surface area contributed by atoms with E-state index in [4.69, 9.17) is 0 Å². The van der Waals surface area contributed by atoms with Crippen LogP contribution in [0.5, 0.6) is 0 Å². The molecule has 1 aliphatic heterocycles. The van der Waals surface area contributed by atoms with Gasteiger partial charge < -0.3 is 15.7 Å². The molecular weight excluding hydrogens is 204 g/mol. The fraction of sp³-hybridized carbons (Fsp3) is 0.917. The van der Waals surface area contributed by atoms with Gasteiger partial charge in [0.15, 0.2) is 0 Å². The molecule has 1 aliphatic rings. The van der Waals surface area contributed by atoms with Gasteiger partial charge in [0, 0.05) is 12.6 Å². The van der Waals surface area contributed by atoms with Crippen LogP contribution in [0.25, 0.3) is 0 Å². The number of hydrogen-bond acceptors (Lipinski definition) is 3. The average molecular weight is 228 g/mol. The fourth-order valence-corrected chi connectivity index (χ4v) is 2.15. The van der Waals surface area contributed by atoms with E-state index in [2.05, 4.69) is 24.5 Å². The lowest BCUT2D eigenvalue weighted by molar-refractivity contribution is -0.123. The molecule has 0 radical (unpaired) electrons. The van der Waals surface area contributed by atoms with E-state index in [-0.39, 0.29) is 24.6 Å². The third-order valence-corrected chi connectivity index (χ3v) is 2.95. The predicted octanol–water partition coefficient (Wildman–Crippen LogP) is 0.652. The van der Waals surface area contributed by atoms with Crippen molar-refractivity contribution in [2.24, 2.45) is 5.92 Å². The lowest BCUT2D eigenvalue weighted by Gasteiger charge is -2.23. The maximum atomic E-state index is 11.7. The van der Waals surface area contributed by atoms with Gasteiger partial charge in [-0.25, -0.2) is 0 Å². The van der Waals surface area contributed by atoms with Gasteiger partial charge in [0.25, 0.3) is 0 Å². The topological polar surface area (TPSA) is 61.4 Å². The van der Waals surface area contributed by atoms with E-state index >= 15 is 0 Å². The maximum absolute atomic E-state index is 11.7. The van der Waals surface area contributed by atoms with E-state index in [1.165, 1.54) is 0 Å². The maximum Gasteiger partial charge on any atom is 0.237 e. The number of carbonyl (C=O) groups is 1. The van der Waals surface area contributed by atoms with Gasteiger partial charge in [-0.05, 0) is 31.6 Å². The van der Waals surface area contributed by atoms with Crippen LogP contribution in [0, 0.1) is 5.92 Å². The quantitative estimate of drug-likeness (QED) is 0.647. The van der Waals surface area contributed by atoms with Gasteiger partial charge in [-0.15, -0.1) is 0 Å². The second-order valence-electron chi connectivity index (χ2n) is 5.02. The summed E-state index contributed by atoms with van der Waals surface area (Å²) in [6.07, 6.45) is 3.90. The molecule has 1 rings (SSSR count). The molecule has 4 nitrogen and oxygen atoms in total. The van der Waals surface area contributed by atoms with Crippen LogP contribution in [0.1, 0.15) is 39.5 Å². The van der Waals surface area contributed by atoms with Crippen LogP contribution in [0.4, 0.5) is 0 Å². The molecule has 1 amide bonds. The summed E-state index contributed by atoms with van der Waals surface area (Å²) in [5, 5.41) is 15.4. The molecule has 2 unspecified atom stereocenters. The molecule has 1 fully saturated rings. The highest BCUT2D eigenvalue weighted by Gasteiger charge is 2.23. The summed E-state index contributed by atoms with van der Waals surface area (Å²) < 4.78 is 0. The minimum atomic E-state index is -0.126. The van der Waals surface area contributed by atoms with Crippen molar-refractivity contribution in [1.29, 1.82) is 0 Å². The molecular formula is C12H24N2O2. The number of hydrogen-bond donors (Lipinski definition) is 3. The molecule has 0 aromatic heterocycles. The first-order chi connectivity index (χ1) is 7.63. The van der Waals surface area contributed by atoms with Gasteiger partial charge in [0.05, 0.1) is 12.6 Å². The molecule has 4 heteroatoms. The molecule has 3 N–H and O–H groups in total. The van der Waals surface area contributed by atoms with Gasteiger partial charge in [0.2, 0.25) is 5.91 Å². The van der Waals surface area contributed by atoms with Crippen molar-refractivity contribution in [1.82, 2.24) is 10.6 Å². The second kappa shape index (κ2) is 6.86. The largest absolute Gasteiger partial charge is 0.395 e. The van der Waals surface area contributed by atoms with E-state index in [0.29, 0.717) is 5.92 Å². The lowest BCUT2D eigenvalue weighted by atomic mass is 10.0. The zero-order chi connectivity index (χ0) is 12.0. The summed E-state index contributed by atoms with van der Waals surface area (Å²) in [6, 6.07) is -0.0905. The summed E-state index contributed by atoms with van der Waals surface area (Å²) in [7, 11) is 0. The van der Waals surface area contributed by atoms with Crippen LogP contribution < -0.4 is 10.6 Å². The van der Waals surface area contributed by atoms with Crippen LogP contribution in [0.2, 0.25) is 0 Å². The zero-order valence-corrected chi connectivity index (χ0v) is 10.3. The van der Waals surface area contributed by atoms with E-state index < -0.39 is 0 Å². The number of rotatable bonds is 5. The Morgan fingerprint density at radius 1 is 1.50 bits per heavy atom. The van der Waals surface area contributed by atoms with Crippen LogP contribution in [0.15, 0.2) is 0 Å². The van der Waals surface area contributed by atoms with Gasteiger partial charge in [0.1, 0.15) is 0 Å². The molecule has 94 valence electrons. The van der Waals surface area contributed by atoms with Crippen molar-refractivity contribution in [3.63, 3.8) is 0 Å². The Morgan fingerprint density at radius 3 is 2.88 bits per heavy atom. The van der Waals surface area contributed by atoms with Crippen molar-refractivity contribution in [3.8, 4) is 0 Å². The van der Waals surface area contributed by atoms with Crippen molar-refractivity contribution in [3.05, 3.63) is 0 Å². The van der Waals surface area contributed by atoms with Crippen molar-refractivity contribution in [2.75, 3.05) is 13.2 Å². The van der Waals surface area contributed by atoms with Crippen LogP contribution in [0.3, 0.4) is 0 Å². The highest BCUT2D eigenvalue weighted by atomic mass is 16.3. The van der Waals surface area contributed by atoms with E-state index in [1.54, 1.807) is 0 Å². The fourth-order valence-electron chi connectivity index (χ4n) is 2.15. The summed E-state index contributed by atoms with van der Waals surface area (Å²) in [4.78, 5) is 11.7. The Kier molecular flexibility index (Phi) is 5.77. The van der Waals surface area contributed by atoms with Crippen molar-refractivity contribution < 1.29 is 9.90 Å². The number of carbonyl (C=O) groups excluding carboxylic acids is 1. The third kappa shape index (κ3) is 4.49. The Hall–Kier alpha value is -0.610. The van der Waals surface area contributed by atoms with Gasteiger partial charge in [-0.3, -0.25) is 4.79 Å². The van der Waals surface area contributed by atoms with Gasteiger partial charge >= 0.3 is 0 Å². The third-order valence-electron chi connectivity index (χ3n) is 2.95. The summed E-state index contributed by atoms with van der Waals surface area (Å²) in [6.45, 7) is 5.13. The Balaban J connectivity index is 2.45. The summed E-state index contributed by atoms with van der Waals surface area (Å²) >= 11 is 0. The average Bonchev–Trinajstić information content (AvgIpc) is 2.42. The SMILES string of the molecule is CC(C)CC(CO)NC1CCCCNC1=O. The monoisotopic (exact) mass is 228 g/mol. The van der Waals surface area contributed by atoms with Crippen LogP contribution in [-0.2, 0) is 4.79 Å². The summed E-state index contributed by atoms with van der Waals surface area (Å²) in [5.74, 6) is 0.609. The van der Waals surface area contributed by atoms with E-state index in [9.17, 15) is 9.90 Å². The first-order valence-electron chi connectivity index (χ1n) is 6.28. The zero-order valence-electron chi connectivity index (χ0n) is 10.3. The smallest absolute Gasteiger partial charge is 0.237 e. The second-order valence-corrected chi connectivity index (χ2v) is 5.02. The minimum Gasteiger partial charge on any atom is -0.395 e. The molecule has 0 aromatic rings. The first kappa shape index (κ1) is 13.5. The minimum absolute atomic E-state index is 0.0360. The number of amides is 1. The molecule has 0 spiro atoms. The van der Waals surface area contributed by atoms with Gasteiger partial charge in [-0.2, -0.15) is 0 Å². The predicted molar refractivity (Wildman–Crippen MR) is 64.1 cm³/mol. The normalized spacial score (nSPS) is 24.0. The van der Waals surface area contributed by atoms with Crippen molar-refractivity contribution in [2.45, 2.75) is 51.6 Å². The van der Waals surface area contributed by atoms with Crippen molar-refractivity contribution >= 4 is 5.91 Å². The molecule has 0 aromatic carbocycles. The highest BCUT2D eigenvalue weighted by molar-refractivity contribution is 5.81. The number of aliphatic hydroxyl groups excluding tert-OH is 1. The molecule has 2 atom stereocenters. The molecule has 1 heterocycles. The first-order valence-corrected chi connectivity index (χ1v) is 6.28. The van der Waals surface area contributed by atoms with Gasteiger partial charge in [-0.1, -0.05) is 13.8 Å². The molecule has 0 saturated carbocycles. The lowest BCUT2D eigenvalue weighted by Crippen LogP contribution is -2.48. The van der Waals surface area contributed by atoms with E-state index in [1.807, 2.05) is 0 Å². The molecule has 0 aliphatic carbocycles. The number of nitrogens with one attached hydrogen (secondary N) is 2. The standard InChI is InChI=1S/C12H24N2O2/c1-9(2)7-10(8-15)14-11-5-3-4-6-13-12(11)16/h9-11,14-15H,3-8H2,1-2H3,(H,13,16). The van der Waals surface area contributed by atoms with Crippen LogP contribution in [-0.4, -0.2) is 36.2 Å². The molecule has 0 bridgehead atoms. The molecule has 1 saturated heterocycles. The number of aliphatic hydroxyl groups is 1. The van der Waals surface area contributed by atoms with E-state index in [0.717, 1.165) is 32.2 Å². The Morgan fingerprint density at radius 2 is 2.25 bits per heavy atom. The highest BCUT2D eigenvalue weighted by Crippen LogP contribution is 2.09. The molecule has 16 heavy (non-hydrogen) atoms. The van der Waals surface area contributed by atoms with Crippen LogP contribution >= 0.6 is 0 Å². The Labute approximate surface area is 97.8 Å². The summed E-state index contributed by atoms with van der Waals surface area (Å²) in [5.41, 5.74) is 0.